The number of rotatable bonds is 5. The Kier molecular flexibility index (Phi) is 5.27. The molecule has 0 aliphatic heterocycles. The lowest BCUT2D eigenvalue weighted by atomic mass is 10.2. The molecule has 0 aliphatic carbocycles. The Morgan fingerprint density at radius 3 is 2.78 bits per heavy atom. The van der Waals surface area contributed by atoms with Crippen LogP contribution in [0.2, 0.25) is 5.02 Å². The quantitative estimate of drug-likeness (QED) is 0.675. The van der Waals surface area contributed by atoms with E-state index in [9.17, 15) is 4.79 Å². The number of amides is 1. The van der Waals surface area contributed by atoms with Gasteiger partial charge in [0.2, 0.25) is 5.91 Å². The van der Waals surface area contributed by atoms with Crippen LogP contribution in [-0.2, 0) is 4.79 Å². The molecule has 0 saturated heterocycles. The Hall–Kier alpha value is -1.89. The number of hydrogen-bond acceptors (Lipinski definition) is 5. The fourth-order valence-corrected chi connectivity index (χ4v) is 3.58. The van der Waals surface area contributed by atoms with Gasteiger partial charge in [-0.05, 0) is 24.3 Å². The molecule has 0 saturated carbocycles. The molecule has 0 fully saturated rings. The van der Waals surface area contributed by atoms with Gasteiger partial charge in [-0.25, -0.2) is 9.97 Å². The first kappa shape index (κ1) is 16.0. The number of carbonyl (C=O) groups excluding carboxylic acids is 1. The fraction of sp³-hybridized carbons (Fsp3) is 0.0625. The molecule has 0 radical (unpaired) electrons. The molecule has 2 aromatic heterocycles. The minimum absolute atomic E-state index is 0.100. The summed E-state index contributed by atoms with van der Waals surface area (Å²) in [5, 5.41) is 5.42. The van der Waals surface area contributed by atoms with Gasteiger partial charge in [-0.1, -0.05) is 41.6 Å². The number of aromatic nitrogens is 2. The number of nitrogens with zero attached hydrogens (tertiary/aromatic N) is 2. The first-order valence-electron chi connectivity index (χ1n) is 6.76. The van der Waals surface area contributed by atoms with Crippen LogP contribution in [-0.4, -0.2) is 21.6 Å². The van der Waals surface area contributed by atoms with Gasteiger partial charge in [-0.15, -0.1) is 11.3 Å². The van der Waals surface area contributed by atoms with E-state index in [0.717, 1.165) is 15.6 Å². The smallest absolute Gasteiger partial charge is 0.235 e. The van der Waals surface area contributed by atoms with Crippen molar-refractivity contribution in [3.8, 4) is 11.3 Å². The number of anilines is 1. The molecule has 0 atom stereocenters. The van der Waals surface area contributed by atoms with Crippen LogP contribution in [0.4, 0.5) is 5.82 Å². The molecule has 23 heavy (non-hydrogen) atoms. The van der Waals surface area contributed by atoms with E-state index in [2.05, 4.69) is 15.3 Å². The van der Waals surface area contributed by atoms with Crippen LogP contribution in [0.5, 0.6) is 0 Å². The van der Waals surface area contributed by atoms with Crippen LogP contribution >= 0.6 is 34.7 Å². The zero-order chi connectivity index (χ0) is 16.1. The minimum atomic E-state index is -0.100. The van der Waals surface area contributed by atoms with Gasteiger partial charge in [0, 0.05) is 22.2 Å². The Bertz CT molecular complexity index is 791. The lowest BCUT2D eigenvalue weighted by Gasteiger charge is -2.02. The largest absolute Gasteiger partial charge is 0.310 e. The van der Waals surface area contributed by atoms with Crippen LogP contribution in [0.25, 0.3) is 11.3 Å². The maximum absolute atomic E-state index is 11.9. The predicted octanol–water partition coefficient (Wildman–Crippen LogP) is 4.59. The molecule has 0 bridgehead atoms. The summed E-state index contributed by atoms with van der Waals surface area (Å²) in [7, 11) is 0. The van der Waals surface area contributed by atoms with Gasteiger partial charge in [-0.3, -0.25) is 4.79 Å². The minimum Gasteiger partial charge on any atom is -0.310 e. The van der Waals surface area contributed by atoms with Crippen LogP contribution in [0.3, 0.4) is 0 Å². The van der Waals surface area contributed by atoms with Crippen molar-refractivity contribution in [1.82, 2.24) is 9.97 Å². The van der Waals surface area contributed by atoms with Crippen molar-refractivity contribution >= 4 is 46.4 Å². The molecule has 116 valence electrons. The number of halogens is 1. The third-order valence-electron chi connectivity index (χ3n) is 2.88. The van der Waals surface area contributed by atoms with Crippen molar-refractivity contribution in [2.24, 2.45) is 0 Å². The van der Waals surface area contributed by atoms with Crippen molar-refractivity contribution in [1.29, 1.82) is 0 Å². The van der Waals surface area contributed by atoms with E-state index < -0.39 is 0 Å². The zero-order valence-corrected chi connectivity index (χ0v) is 14.3. The second kappa shape index (κ2) is 7.59. The van der Waals surface area contributed by atoms with Gasteiger partial charge in [0.15, 0.2) is 4.34 Å². The van der Waals surface area contributed by atoms with Crippen LogP contribution < -0.4 is 5.32 Å². The van der Waals surface area contributed by atoms with E-state index in [0.29, 0.717) is 16.6 Å². The predicted molar refractivity (Wildman–Crippen MR) is 96.2 cm³/mol. The molecular weight excluding hydrogens is 350 g/mol. The maximum atomic E-state index is 11.9. The molecule has 0 spiro atoms. The summed E-state index contributed by atoms with van der Waals surface area (Å²) in [6, 6.07) is 12.9. The van der Waals surface area contributed by atoms with Crippen molar-refractivity contribution in [3.05, 3.63) is 59.1 Å². The third-order valence-corrected chi connectivity index (χ3v) is 5.16. The third kappa shape index (κ3) is 4.54. The number of benzene rings is 1. The number of pyridine rings is 1. The van der Waals surface area contributed by atoms with Crippen molar-refractivity contribution in [2.45, 2.75) is 4.34 Å². The molecule has 1 aromatic carbocycles. The van der Waals surface area contributed by atoms with Crippen LogP contribution in [0, 0.1) is 0 Å². The first-order valence-corrected chi connectivity index (χ1v) is 9.00. The summed E-state index contributed by atoms with van der Waals surface area (Å²) in [6.07, 6.45) is 1.64. The molecule has 1 N–H and O–H groups in total. The lowest BCUT2D eigenvalue weighted by molar-refractivity contribution is -0.113. The lowest BCUT2D eigenvalue weighted by Crippen LogP contribution is -2.14. The van der Waals surface area contributed by atoms with Gasteiger partial charge in [0.25, 0.3) is 0 Å². The van der Waals surface area contributed by atoms with Crippen molar-refractivity contribution in [3.63, 3.8) is 0 Å². The Morgan fingerprint density at radius 2 is 2.04 bits per heavy atom. The highest BCUT2D eigenvalue weighted by Gasteiger charge is 2.08. The van der Waals surface area contributed by atoms with E-state index in [1.54, 1.807) is 18.3 Å². The maximum Gasteiger partial charge on any atom is 0.235 e. The fourth-order valence-electron chi connectivity index (χ4n) is 1.82. The molecule has 4 nitrogen and oxygen atoms in total. The van der Waals surface area contributed by atoms with Crippen LogP contribution in [0.15, 0.2) is 58.4 Å². The molecule has 3 rings (SSSR count). The van der Waals surface area contributed by atoms with E-state index >= 15 is 0 Å². The summed E-state index contributed by atoms with van der Waals surface area (Å²) in [5.74, 6) is 0.750. The van der Waals surface area contributed by atoms with Gasteiger partial charge in [-0.2, -0.15) is 0 Å². The van der Waals surface area contributed by atoms with E-state index in [-0.39, 0.29) is 5.91 Å². The summed E-state index contributed by atoms with van der Waals surface area (Å²) in [6.45, 7) is 0. The van der Waals surface area contributed by atoms with E-state index in [1.165, 1.54) is 23.1 Å². The second-order valence-electron chi connectivity index (χ2n) is 4.56. The average molecular weight is 362 g/mol. The van der Waals surface area contributed by atoms with Crippen LogP contribution in [0.1, 0.15) is 0 Å². The number of thioether (sulfide) groups is 1. The zero-order valence-electron chi connectivity index (χ0n) is 11.9. The average Bonchev–Trinajstić information content (AvgIpc) is 3.04. The first-order chi connectivity index (χ1) is 11.2. The van der Waals surface area contributed by atoms with Crippen molar-refractivity contribution in [2.75, 3.05) is 11.1 Å². The summed E-state index contributed by atoms with van der Waals surface area (Å²) >= 11 is 8.81. The SMILES string of the molecule is O=C(CSc1nc(-c2ccc(Cl)cc2)cs1)Nc1ccccn1. The number of nitrogens with one attached hydrogen (secondary N) is 1. The molecule has 0 aliphatic rings. The van der Waals surface area contributed by atoms with Crippen molar-refractivity contribution < 1.29 is 4.79 Å². The number of hydrogen-bond donors (Lipinski definition) is 1. The van der Waals surface area contributed by atoms with Gasteiger partial charge < -0.3 is 5.32 Å². The molecule has 0 unspecified atom stereocenters. The van der Waals surface area contributed by atoms with E-state index in [4.69, 9.17) is 11.6 Å². The highest BCUT2D eigenvalue weighted by molar-refractivity contribution is 8.01. The van der Waals surface area contributed by atoms with Gasteiger partial charge in [0.05, 0.1) is 11.4 Å². The number of carbonyl (C=O) groups is 1. The Labute approximate surface area is 146 Å². The monoisotopic (exact) mass is 361 g/mol. The highest BCUT2D eigenvalue weighted by atomic mass is 35.5. The standard InChI is InChI=1S/C16H12ClN3OS2/c17-12-6-4-11(5-7-12)13-9-22-16(19-13)23-10-15(21)20-14-3-1-2-8-18-14/h1-9H,10H2,(H,18,20,21). The summed E-state index contributed by atoms with van der Waals surface area (Å²) in [4.78, 5) is 20.5. The Morgan fingerprint density at radius 1 is 1.22 bits per heavy atom. The molecule has 3 aromatic rings. The summed E-state index contributed by atoms with van der Waals surface area (Å²) < 4.78 is 0.853. The second-order valence-corrected chi connectivity index (χ2v) is 7.07. The molecular formula is C16H12ClN3OS2. The Balaban J connectivity index is 1.57. The molecule has 1 amide bonds. The molecule has 2 heterocycles. The van der Waals surface area contributed by atoms with E-state index in [1.807, 2.05) is 35.7 Å². The summed E-state index contributed by atoms with van der Waals surface area (Å²) in [5.41, 5.74) is 1.90. The van der Waals surface area contributed by atoms with Gasteiger partial charge in [0.1, 0.15) is 5.82 Å². The topological polar surface area (TPSA) is 54.9 Å². The van der Waals surface area contributed by atoms with Gasteiger partial charge >= 0.3 is 0 Å². The molecule has 7 heteroatoms. The normalized spacial score (nSPS) is 10.5. The number of thiazole rings is 1. The highest BCUT2D eigenvalue weighted by Crippen LogP contribution is 2.28.